The molecule has 0 aliphatic carbocycles. The fourth-order valence-corrected chi connectivity index (χ4v) is 3.94. The quantitative estimate of drug-likeness (QED) is 0.805. The van der Waals surface area contributed by atoms with Crippen LogP contribution in [-0.2, 0) is 9.59 Å². The number of carbonyl (C=O) groups is 2. The first-order valence-electron chi connectivity index (χ1n) is 9.54. The first-order chi connectivity index (χ1) is 12.4. The van der Waals surface area contributed by atoms with E-state index in [-0.39, 0.29) is 24.2 Å². The minimum absolute atomic E-state index is 0. The van der Waals surface area contributed by atoms with Gasteiger partial charge in [-0.25, -0.2) is 0 Å². The average molecular weight is 395 g/mol. The van der Waals surface area contributed by atoms with Gasteiger partial charge in [0.15, 0.2) is 0 Å². The van der Waals surface area contributed by atoms with E-state index in [9.17, 15) is 9.59 Å². The van der Waals surface area contributed by atoms with E-state index < -0.39 is 5.54 Å². The standard InChI is InChI=1S/C20H30N4O2.ClH/c1-20(2)19(26)22-16-6-4-5-7-17(16)24(20)18(25)14-23-12-9-15(10-13-23)8-11-21-3;/h4-7,15,21H,8-14H2,1-3H3,(H,22,26);1H. The molecule has 1 saturated heterocycles. The van der Waals surface area contributed by atoms with Crippen LogP contribution in [0.3, 0.4) is 0 Å². The van der Waals surface area contributed by atoms with Gasteiger partial charge in [0.25, 0.3) is 0 Å². The summed E-state index contributed by atoms with van der Waals surface area (Å²) in [6.07, 6.45) is 3.47. The number of hydrogen-bond donors (Lipinski definition) is 2. The topological polar surface area (TPSA) is 64.7 Å². The summed E-state index contributed by atoms with van der Waals surface area (Å²) in [6.45, 7) is 6.92. The molecule has 6 nitrogen and oxygen atoms in total. The van der Waals surface area contributed by atoms with E-state index in [1.54, 1.807) is 18.7 Å². The highest BCUT2D eigenvalue weighted by Gasteiger charge is 2.43. The number of fused-ring (bicyclic) bond motifs is 1. The van der Waals surface area contributed by atoms with Crippen molar-refractivity contribution in [1.29, 1.82) is 0 Å². The van der Waals surface area contributed by atoms with Gasteiger partial charge < -0.3 is 10.6 Å². The van der Waals surface area contributed by atoms with Crippen LogP contribution in [0.4, 0.5) is 11.4 Å². The van der Waals surface area contributed by atoms with Crippen molar-refractivity contribution >= 4 is 35.6 Å². The van der Waals surface area contributed by atoms with Gasteiger partial charge >= 0.3 is 0 Å². The number of rotatable bonds is 5. The van der Waals surface area contributed by atoms with Crippen molar-refractivity contribution in [3.05, 3.63) is 24.3 Å². The third-order valence-corrected chi connectivity index (χ3v) is 5.63. The summed E-state index contributed by atoms with van der Waals surface area (Å²) in [7, 11) is 1.99. The number of piperidine rings is 1. The predicted octanol–water partition coefficient (Wildman–Crippen LogP) is 2.49. The Balaban J connectivity index is 0.00000261. The Hall–Kier alpha value is -1.63. The van der Waals surface area contributed by atoms with Crippen LogP contribution in [0.25, 0.3) is 0 Å². The highest BCUT2D eigenvalue weighted by atomic mass is 35.5. The fourth-order valence-electron chi connectivity index (χ4n) is 3.94. The Morgan fingerprint density at radius 2 is 1.93 bits per heavy atom. The zero-order chi connectivity index (χ0) is 18.7. The first kappa shape index (κ1) is 21.7. The second-order valence-corrected chi connectivity index (χ2v) is 7.87. The molecule has 1 aromatic rings. The summed E-state index contributed by atoms with van der Waals surface area (Å²) < 4.78 is 0. The lowest BCUT2D eigenvalue weighted by molar-refractivity contribution is -0.127. The van der Waals surface area contributed by atoms with Gasteiger partial charge in [-0.1, -0.05) is 12.1 Å². The zero-order valence-corrected chi connectivity index (χ0v) is 17.3. The van der Waals surface area contributed by atoms with Crippen molar-refractivity contribution in [2.45, 2.75) is 38.6 Å². The molecule has 0 spiro atoms. The van der Waals surface area contributed by atoms with Crippen LogP contribution in [0.2, 0.25) is 0 Å². The summed E-state index contributed by atoms with van der Waals surface area (Å²) in [6, 6.07) is 7.52. The van der Waals surface area contributed by atoms with Gasteiger partial charge in [-0.2, -0.15) is 0 Å². The Morgan fingerprint density at radius 1 is 1.26 bits per heavy atom. The second-order valence-electron chi connectivity index (χ2n) is 7.87. The van der Waals surface area contributed by atoms with E-state index in [1.807, 2.05) is 31.3 Å². The van der Waals surface area contributed by atoms with Crippen LogP contribution in [0.5, 0.6) is 0 Å². The minimum Gasteiger partial charge on any atom is -0.322 e. The maximum Gasteiger partial charge on any atom is 0.250 e. The molecule has 7 heteroatoms. The molecular formula is C20H31ClN4O2. The van der Waals surface area contributed by atoms with Crippen molar-refractivity contribution in [2.24, 2.45) is 5.92 Å². The normalized spacial score (nSPS) is 19.8. The van der Waals surface area contributed by atoms with Crippen molar-refractivity contribution in [2.75, 3.05) is 43.4 Å². The van der Waals surface area contributed by atoms with Crippen LogP contribution in [0.15, 0.2) is 24.3 Å². The highest BCUT2D eigenvalue weighted by molar-refractivity contribution is 6.14. The lowest BCUT2D eigenvalue weighted by Gasteiger charge is -2.43. The predicted molar refractivity (Wildman–Crippen MR) is 112 cm³/mol. The van der Waals surface area contributed by atoms with Gasteiger partial charge in [0.05, 0.1) is 17.9 Å². The Bertz CT molecular complexity index is 672. The molecule has 1 aromatic carbocycles. The Kier molecular flexibility index (Phi) is 7.25. The Morgan fingerprint density at radius 3 is 2.59 bits per heavy atom. The largest absolute Gasteiger partial charge is 0.322 e. The number of hydrogen-bond acceptors (Lipinski definition) is 4. The summed E-state index contributed by atoms with van der Waals surface area (Å²) >= 11 is 0. The smallest absolute Gasteiger partial charge is 0.250 e. The van der Waals surface area contributed by atoms with Crippen molar-refractivity contribution in [3.8, 4) is 0 Å². The van der Waals surface area contributed by atoms with Gasteiger partial charge in [0.1, 0.15) is 5.54 Å². The number of likely N-dealkylation sites (tertiary alicyclic amines) is 1. The van der Waals surface area contributed by atoms with E-state index in [4.69, 9.17) is 0 Å². The van der Waals surface area contributed by atoms with Crippen molar-refractivity contribution in [1.82, 2.24) is 10.2 Å². The number of nitrogens with zero attached hydrogens (tertiary/aromatic N) is 2. The molecule has 0 aromatic heterocycles. The molecule has 2 aliphatic heterocycles. The van der Waals surface area contributed by atoms with E-state index in [2.05, 4.69) is 15.5 Å². The van der Waals surface area contributed by atoms with E-state index >= 15 is 0 Å². The molecule has 0 bridgehead atoms. The van der Waals surface area contributed by atoms with Crippen LogP contribution in [0.1, 0.15) is 33.1 Å². The monoisotopic (exact) mass is 394 g/mol. The molecule has 3 rings (SSSR count). The molecule has 2 aliphatic rings. The molecule has 2 N–H and O–H groups in total. The van der Waals surface area contributed by atoms with Gasteiger partial charge in [-0.05, 0) is 77.8 Å². The van der Waals surface area contributed by atoms with Crippen LogP contribution in [-0.4, -0.2) is 55.5 Å². The van der Waals surface area contributed by atoms with Crippen molar-refractivity contribution < 1.29 is 9.59 Å². The van der Waals surface area contributed by atoms with Gasteiger partial charge in [0, 0.05) is 0 Å². The van der Waals surface area contributed by atoms with Crippen LogP contribution < -0.4 is 15.5 Å². The van der Waals surface area contributed by atoms with Gasteiger partial charge in [-0.3, -0.25) is 19.4 Å². The van der Waals surface area contributed by atoms with Crippen LogP contribution >= 0.6 is 12.4 Å². The SMILES string of the molecule is CNCCC1CCN(CC(=O)N2c3ccccc3NC(=O)C2(C)C)CC1.Cl. The maximum absolute atomic E-state index is 13.1. The number of anilines is 2. The molecule has 27 heavy (non-hydrogen) atoms. The second kappa shape index (κ2) is 9.04. The van der Waals surface area contributed by atoms with Crippen molar-refractivity contribution in [3.63, 3.8) is 0 Å². The molecular weight excluding hydrogens is 364 g/mol. The maximum atomic E-state index is 13.1. The van der Waals surface area contributed by atoms with E-state index in [0.717, 1.165) is 44.1 Å². The molecule has 0 atom stereocenters. The Labute approximate surface area is 168 Å². The third kappa shape index (κ3) is 4.62. The van der Waals surface area contributed by atoms with Gasteiger partial charge in [-0.15, -0.1) is 12.4 Å². The molecule has 1 fully saturated rings. The van der Waals surface area contributed by atoms with Crippen LogP contribution in [0, 0.1) is 5.92 Å². The number of para-hydroxylation sites is 2. The molecule has 0 radical (unpaired) electrons. The number of halogens is 1. The lowest BCUT2D eigenvalue weighted by atomic mass is 9.93. The average Bonchev–Trinajstić information content (AvgIpc) is 2.62. The molecule has 0 unspecified atom stereocenters. The molecule has 150 valence electrons. The number of amides is 2. The fraction of sp³-hybridized carbons (Fsp3) is 0.600. The number of nitrogens with one attached hydrogen (secondary N) is 2. The van der Waals surface area contributed by atoms with E-state index in [1.165, 1.54) is 6.42 Å². The molecule has 2 amide bonds. The molecule has 2 heterocycles. The summed E-state index contributed by atoms with van der Waals surface area (Å²) in [5.74, 6) is 0.591. The summed E-state index contributed by atoms with van der Waals surface area (Å²) in [5.41, 5.74) is 0.596. The lowest BCUT2D eigenvalue weighted by Crippen LogP contribution is -2.60. The molecule has 0 saturated carbocycles. The van der Waals surface area contributed by atoms with E-state index in [0.29, 0.717) is 12.2 Å². The third-order valence-electron chi connectivity index (χ3n) is 5.63. The number of benzene rings is 1. The first-order valence-corrected chi connectivity index (χ1v) is 9.54. The zero-order valence-electron chi connectivity index (χ0n) is 16.5. The number of carbonyl (C=O) groups excluding carboxylic acids is 2. The summed E-state index contributed by atoms with van der Waals surface area (Å²) in [5, 5.41) is 6.12. The minimum atomic E-state index is -0.892. The summed E-state index contributed by atoms with van der Waals surface area (Å²) in [4.78, 5) is 29.5. The van der Waals surface area contributed by atoms with Gasteiger partial charge in [0.2, 0.25) is 11.8 Å². The highest BCUT2D eigenvalue weighted by Crippen LogP contribution is 2.36.